The number of hydrogen-bond donors (Lipinski definition) is 1. The molecular formula is C3H10ClNSi. The van der Waals surface area contributed by atoms with E-state index in [1.807, 2.05) is 0 Å². The van der Waals surface area contributed by atoms with Crippen LogP contribution in [-0.4, -0.2) is 21.5 Å². The minimum absolute atomic E-state index is 0.236. The molecule has 0 fully saturated rings. The van der Waals surface area contributed by atoms with Crippen LogP contribution >= 0.6 is 11.1 Å². The van der Waals surface area contributed by atoms with Crippen molar-refractivity contribution in [2.75, 3.05) is 12.7 Å². The molecule has 0 heterocycles. The van der Waals surface area contributed by atoms with Crippen LogP contribution in [0.4, 0.5) is 0 Å². The summed E-state index contributed by atoms with van der Waals surface area (Å²) in [5.74, 6) is 0. The average Bonchev–Trinajstić information content (AvgIpc) is 1.61. The summed E-state index contributed by atoms with van der Waals surface area (Å²) < 4.78 is 0. The Hall–Kier alpha value is 0.467. The van der Waals surface area contributed by atoms with E-state index in [0.29, 0.717) is 0 Å². The molecule has 0 amide bonds. The molecule has 0 aromatic carbocycles. The van der Waals surface area contributed by atoms with E-state index in [0.717, 1.165) is 12.7 Å². The molecule has 3 heteroatoms. The van der Waals surface area contributed by atoms with Crippen LogP contribution in [0.1, 0.15) is 6.92 Å². The van der Waals surface area contributed by atoms with Crippen molar-refractivity contribution in [3.05, 3.63) is 0 Å². The van der Waals surface area contributed by atoms with Gasteiger partial charge in [0.15, 0.2) is 0 Å². The first-order valence-corrected chi connectivity index (χ1v) is 5.32. The van der Waals surface area contributed by atoms with Crippen molar-refractivity contribution >= 4 is 19.9 Å². The summed E-state index contributed by atoms with van der Waals surface area (Å²) in [7, 11) is -0.236. The van der Waals surface area contributed by atoms with E-state index >= 15 is 0 Å². The van der Waals surface area contributed by atoms with E-state index in [9.17, 15) is 0 Å². The third-order valence-electron chi connectivity index (χ3n) is 0.521. The van der Waals surface area contributed by atoms with Gasteiger partial charge in [-0.3, -0.25) is 0 Å². The largest absolute Gasteiger partial charge is 0.319 e. The minimum Gasteiger partial charge on any atom is -0.319 e. The molecule has 38 valence electrons. The Morgan fingerprint density at radius 2 is 2.50 bits per heavy atom. The van der Waals surface area contributed by atoms with Crippen LogP contribution in [-0.2, 0) is 0 Å². The van der Waals surface area contributed by atoms with Crippen molar-refractivity contribution in [1.82, 2.24) is 5.32 Å². The molecule has 0 aliphatic heterocycles. The van der Waals surface area contributed by atoms with Crippen LogP contribution in [0.5, 0.6) is 0 Å². The van der Waals surface area contributed by atoms with E-state index in [1.165, 1.54) is 0 Å². The van der Waals surface area contributed by atoms with Gasteiger partial charge in [-0.25, -0.2) is 0 Å². The second-order valence-electron chi connectivity index (χ2n) is 1.04. The maximum atomic E-state index is 5.46. The van der Waals surface area contributed by atoms with E-state index < -0.39 is 0 Å². The molecular weight excluding hydrogens is 114 g/mol. The predicted molar refractivity (Wildman–Crippen MR) is 32.9 cm³/mol. The fourth-order valence-electron chi connectivity index (χ4n) is 0.244. The Morgan fingerprint density at radius 1 is 1.83 bits per heavy atom. The SMILES string of the molecule is CCNC[SiH2]Cl. The van der Waals surface area contributed by atoms with Crippen molar-refractivity contribution in [1.29, 1.82) is 0 Å². The highest BCUT2D eigenvalue weighted by atomic mass is 35.6. The molecule has 1 N–H and O–H groups in total. The Kier molecular flexibility index (Phi) is 5.89. The minimum atomic E-state index is -0.236. The third-order valence-corrected chi connectivity index (χ3v) is 1.63. The number of halogens is 1. The highest BCUT2D eigenvalue weighted by molar-refractivity contribution is 6.93. The lowest BCUT2D eigenvalue weighted by Gasteiger charge is -1.89. The zero-order valence-electron chi connectivity index (χ0n) is 4.00. The van der Waals surface area contributed by atoms with Crippen LogP contribution in [0, 0.1) is 0 Å². The summed E-state index contributed by atoms with van der Waals surface area (Å²) in [4.78, 5) is 0. The van der Waals surface area contributed by atoms with Crippen LogP contribution in [0.3, 0.4) is 0 Å². The van der Waals surface area contributed by atoms with Gasteiger partial charge in [-0.2, -0.15) is 11.1 Å². The second kappa shape index (κ2) is 5.47. The number of hydrogen-bond acceptors (Lipinski definition) is 1. The molecule has 0 aromatic heterocycles. The van der Waals surface area contributed by atoms with E-state index in [4.69, 9.17) is 11.1 Å². The Morgan fingerprint density at radius 3 is 2.67 bits per heavy atom. The molecule has 0 unspecified atom stereocenters. The average molecular weight is 124 g/mol. The zero-order chi connectivity index (χ0) is 4.83. The van der Waals surface area contributed by atoms with E-state index in [2.05, 4.69) is 12.2 Å². The molecule has 0 aromatic rings. The van der Waals surface area contributed by atoms with Crippen molar-refractivity contribution in [3.63, 3.8) is 0 Å². The third kappa shape index (κ3) is 4.47. The highest BCUT2D eigenvalue weighted by Gasteiger charge is 1.74. The predicted octanol–water partition coefficient (Wildman–Crippen LogP) is -0.124. The number of nitrogens with one attached hydrogen (secondary N) is 1. The van der Waals surface area contributed by atoms with Crippen molar-refractivity contribution in [2.45, 2.75) is 6.92 Å². The second-order valence-corrected chi connectivity index (χ2v) is 3.05. The fraction of sp³-hybridized carbons (Fsp3) is 1.00. The van der Waals surface area contributed by atoms with Gasteiger partial charge in [0.05, 0.1) is 0 Å². The molecule has 0 spiro atoms. The quantitative estimate of drug-likeness (QED) is 0.314. The lowest BCUT2D eigenvalue weighted by Crippen LogP contribution is -2.16. The topological polar surface area (TPSA) is 12.0 Å². The summed E-state index contributed by atoms with van der Waals surface area (Å²) >= 11 is 5.46. The Balaban J connectivity index is 2.34. The van der Waals surface area contributed by atoms with E-state index in [-0.39, 0.29) is 8.83 Å². The zero-order valence-corrected chi connectivity index (χ0v) is 6.17. The van der Waals surface area contributed by atoms with Gasteiger partial charge in [0.1, 0.15) is 8.83 Å². The maximum Gasteiger partial charge on any atom is 0.138 e. The first kappa shape index (κ1) is 6.47. The molecule has 0 rings (SSSR count). The Bertz CT molecular complexity index is 22.8. The summed E-state index contributed by atoms with van der Waals surface area (Å²) in [6.07, 6.45) is 1.07. The normalized spacial score (nSPS) is 11.0. The molecule has 1 nitrogen and oxygen atoms in total. The standard InChI is InChI=1S/C3H10ClNSi/c1-2-5-3-6-4/h5H,2-3,6H2,1H3. The molecule has 0 aliphatic rings. The van der Waals surface area contributed by atoms with Gasteiger partial charge in [-0.1, -0.05) is 6.92 Å². The molecule has 0 atom stereocenters. The lowest BCUT2D eigenvalue weighted by atomic mass is 10.8. The molecule has 0 aliphatic carbocycles. The molecule has 0 saturated carbocycles. The molecule has 0 radical (unpaired) electrons. The smallest absolute Gasteiger partial charge is 0.138 e. The van der Waals surface area contributed by atoms with Gasteiger partial charge in [0.2, 0.25) is 0 Å². The van der Waals surface area contributed by atoms with Gasteiger partial charge >= 0.3 is 0 Å². The summed E-state index contributed by atoms with van der Waals surface area (Å²) in [5.41, 5.74) is 0. The molecule has 0 bridgehead atoms. The summed E-state index contributed by atoms with van der Waals surface area (Å²) in [6.45, 7) is 3.14. The van der Waals surface area contributed by atoms with Crippen molar-refractivity contribution in [2.24, 2.45) is 0 Å². The van der Waals surface area contributed by atoms with Gasteiger partial charge in [-0.05, 0) is 12.7 Å². The van der Waals surface area contributed by atoms with Gasteiger partial charge in [-0.15, -0.1) is 0 Å². The first-order chi connectivity index (χ1) is 2.91. The highest BCUT2D eigenvalue weighted by Crippen LogP contribution is 1.61. The van der Waals surface area contributed by atoms with E-state index in [1.54, 1.807) is 0 Å². The van der Waals surface area contributed by atoms with Gasteiger partial charge < -0.3 is 5.32 Å². The maximum absolute atomic E-state index is 5.46. The monoisotopic (exact) mass is 123 g/mol. The molecule has 0 saturated heterocycles. The summed E-state index contributed by atoms with van der Waals surface area (Å²) in [6, 6.07) is 0. The Labute approximate surface area is 45.6 Å². The number of rotatable bonds is 3. The molecule has 6 heavy (non-hydrogen) atoms. The lowest BCUT2D eigenvalue weighted by molar-refractivity contribution is 0.833. The van der Waals surface area contributed by atoms with Crippen LogP contribution in [0.2, 0.25) is 0 Å². The van der Waals surface area contributed by atoms with Crippen molar-refractivity contribution < 1.29 is 0 Å². The van der Waals surface area contributed by atoms with Crippen molar-refractivity contribution in [3.8, 4) is 0 Å². The van der Waals surface area contributed by atoms with Crippen LogP contribution in [0.25, 0.3) is 0 Å². The van der Waals surface area contributed by atoms with Crippen LogP contribution in [0.15, 0.2) is 0 Å². The summed E-state index contributed by atoms with van der Waals surface area (Å²) in [5, 5.41) is 3.13. The first-order valence-electron chi connectivity index (χ1n) is 2.18. The fourth-order valence-corrected chi connectivity index (χ4v) is 1.13. The van der Waals surface area contributed by atoms with Crippen LogP contribution < -0.4 is 5.32 Å². The van der Waals surface area contributed by atoms with Gasteiger partial charge in [0.25, 0.3) is 0 Å². The van der Waals surface area contributed by atoms with Gasteiger partial charge in [0, 0.05) is 0 Å².